The lowest BCUT2D eigenvalue weighted by Gasteiger charge is -2.22. The molecule has 0 aromatic heterocycles. The van der Waals surface area contributed by atoms with Crippen LogP contribution in [-0.4, -0.2) is 26.8 Å². The van der Waals surface area contributed by atoms with Gasteiger partial charge in [-0.2, -0.15) is 0 Å². The van der Waals surface area contributed by atoms with Crippen LogP contribution in [0.1, 0.15) is 27.2 Å². The quantitative estimate of drug-likeness (QED) is 0.635. The second-order valence-corrected chi connectivity index (χ2v) is 3.41. The molecule has 2 nitrogen and oxygen atoms in total. The second kappa shape index (κ2) is 7.56. The molecular weight excluding hydrogens is 150 g/mol. The molecule has 0 aliphatic heterocycles. The Hall–Kier alpha value is -0.0800. The third kappa shape index (κ3) is 4.73. The topological polar surface area (TPSA) is 21.3 Å². The zero-order valence-electron chi connectivity index (χ0n) is 8.89. The van der Waals surface area contributed by atoms with Crippen LogP contribution < -0.4 is 5.32 Å². The van der Waals surface area contributed by atoms with E-state index in [-0.39, 0.29) is 0 Å². The molecule has 0 amide bonds. The highest BCUT2D eigenvalue weighted by molar-refractivity contribution is 4.67. The molecule has 12 heavy (non-hydrogen) atoms. The molecule has 2 atom stereocenters. The summed E-state index contributed by atoms with van der Waals surface area (Å²) < 4.78 is 5.18. The highest BCUT2D eigenvalue weighted by atomic mass is 16.5. The largest absolute Gasteiger partial charge is 0.384 e. The van der Waals surface area contributed by atoms with Crippen LogP contribution in [0.3, 0.4) is 0 Å². The van der Waals surface area contributed by atoms with Gasteiger partial charge >= 0.3 is 0 Å². The van der Waals surface area contributed by atoms with Crippen molar-refractivity contribution in [3.8, 4) is 0 Å². The Morgan fingerprint density at radius 2 is 2.00 bits per heavy atom. The third-order valence-corrected chi connectivity index (χ3v) is 2.49. The number of methoxy groups -OCH3 is 1. The Labute approximate surface area is 76.7 Å². The first-order chi connectivity index (χ1) is 5.76. The van der Waals surface area contributed by atoms with Crippen molar-refractivity contribution < 1.29 is 4.74 Å². The predicted octanol–water partition coefficient (Wildman–Crippen LogP) is 1.90. The molecule has 0 radical (unpaired) electrons. The van der Waals surface area contributed by atoms with Crippen molar-refractivity contribution in [3.63, 3.8) is 0 Å². The average molecular weight is 173 g/mol. The lowest BCUT2D eigenvalue weighted by molar-refractivity contribution is 0.122. The van der Waals surface area contributed by atoms with Crippen LogP contribution in [0.5, 0.6) is 0 Å². The van der Waals surface area contributed by atoms with Crippen LogP contribution in [0, 0.1) is 11.8 Å². The molecule has 1 N–H and O–H groups in total. The van der Waals surface area contributed by atoms with Crippen molar-refractivity contribution in [1.82, 2.24) is 5.32 Å². The van der Waals surface area contributed by atoms with Gasteiger partial charge in [0.05, 0.1) is 6.61 Å². The van der Waals surface area contributed by atoms with E-state index in [2.05, 4.69) is 26.1 Å². The number of ether oxygens (including phenoxy) is 1. The molecule has 2 unspecified atom stereocenters. The van der Waals surface area contributed by atoms with Crippen LogP contribution in [0.15, 0.2) is 0 Å². The van der Waals surface area contributed by atoms with Crippen molar-refractivity contribution in [2.45, 2.75) is 27.2 Å². The van der Waals surface area contributed by atoms with Crippen LogP contribution in [0.2, 0.25) is 0 Å². The minimum atomic E-state index is 0.667. The van der Waals surface area contributed by atoms with Gasteiger partial charge in [-0.1, -0.05) is 27.2 Å². The van der Waals surface area contributed by atoms with E-state index in [1.54, 1.807) is 7.11 Å². The summed E-state index contributed by atoms with van der Waals surface area (Å²) in [6, 6.07) is 0. The molecule has 0 bridgehead atoms. The smallest absolute Gasteiger partial charge is 0.0505 e. The van der Waals surface area contributed by atoms with Gasteiger partial charge in [0, 0.05) is 13.7 Å². The molecular formula is C10H23NO. The minimum absolute atomic E-state index is 0.667. The van der Waals surface area contributed by atoms with Gasteiger partial charge in [-0.3, -0.25) is 0 Å². The molecule has 74 valence electrons. The molecule has 0 aromatic carbocycles. The van der Waals surface area contributed by atoms with Crippen LogP contribution >= 0.6 is 0 Å². The van der Waals surface area contributed by atoms with Crippen LogP contribution in [0.25, 0.3) is 0 Å². The summed E-state index contributed by atoms with van der Waals surface area (Å²) in [7, 11) is 1.78. The second-order valence-electron chi connectivity index (χ2n) is 3.41. The van der Waals surface area contributed by atoms with Gasteiger partial charge in [0.25, 0.3) is 0 Å². The maximum Gasteiger partial charge on any atom is 0.0505 e. The van der Waals surface area contributed by atoms with E-state index in [4.69, 9.17) is 4.74 Å². The van der Waals surface area contributed by atoms with Gasteiger partial charge in [-0.15, -0.1) is 0 Å². The number of nitrogens with one attached hydrogen (secondary N) is 1. The normalized spacial score (nSPS) is 16.0. The molecule has 0 rings (SSSR count). The third-order valence-electron chi connectivity index (χ3n) is 2.49. The van der Waals surface area contributed by atoms with Gasteiger partial charge in [0.15, 0.2) is 0 Å². The Kier molecular flexibility index (Phi) is 7.51. The van der Waals surface area contributed by atoms with Crippen LogP contribution in [0.4, 0.5) is 0 Å². The van der Waals surface area contributed by atoms with E-state index in [1.807, 2.05) is 0 Å². The van der Waals surface area contributed by atoms with E-state index in [0.717, 1.165) is 25.6 Å². The average Bonchev–Trinajstić information content (AvgIpc) is 2.11. The fraction of sp³-hybridized carbons (Fsp3) is 1.00. The first kappa shape index (κ1) is 11.9. The van der Waals surface area contributed by atoms with Gasteiger partial charge in [-0.25, -0.2) is 0 Å². The summed E-state index contributed by atoms with van der Waals surface area (Å²) in [5.41, 5.74) is 0. The van der Waals surface area contributed by atoms with Crippen molar-refractivity contribution in [2.24, 2.45) is 11.8 Å². The van der Waals surface area contributed by atoms with E-state index >= 15 is 0 Å². The summed E-state index contributed by atoms with van der Waals surface area (Å²) in [5, 5.41) is 3.37. The number of hydrogen-bond donors (Lipinski definition) is 1. The minimum Gasteiger partial charge on any atom is -0.384 e. The van der Waals surface area contributed by atoms with Gasteiger partial charge in [0.2, 0.25) is 0 Å². The maximum atomic E-state index is 5.18. The SMILES string of the molecule is CCNCC(COC)C(C)CC. The zero-order valence-corrected chi connectivity index (χ0v) is 8.89. The zero-order chi connectivity index (χ0) is 9.40. The van der Waals surface area contributed by atoms with Crippen molar-refractivity contribution in [3.05, 3.63) is 0 Å². The Morgan fingerprint density at radius 3 is 2.42 bits per heavy atom. The maximum absolute atomic E-state index is 5.18. The van der Waals surface area contributed by atoms with E-state index in [1.165, 1.54) is 6.42 Å². The molecule has 0 aliphatic rings. The van der Waals surface area contributed by atoms with Gasteiger partial charge in [0.1, 0.15) is 0 Å². The number of rotatable bonds is 7. The Morgan fingerprint density at radius 1 is 1.33 bits per heavy atom. The summed E-state index contributed by atoms with van der Waals surface area (Å²) in [5.74, 6) is 1.42. The van der Waals surface area contributed by atoms with Crippen molar-refractivity contribution in [2.75, 3.05) is 26.8 Å². The number of hydrogen-bond acceptors (Lipinski definition) is 2. The van der Waals surface area contributed by atoms with Gasteiger partial charge < -0.3 is 10.1 Å². The molecule has 2 heteroatoms. The lowest BCUT2D eigenvalue weighted by Crippen LogP contribution is -2.30. The lowest BCUT2D eigenvalue weighted by atomic mass is 9.92. The first-order valence-corrected chi connectivity index (χ1v) is 4.95. The molecule has 0 heterocycles. The van der Waals surface area contributed by atoms with E-state index in [0.29, 0.717) is 5.92 Å². The summed E-state index contributed by atoms with van der Waals surface area (Å²) in [6.07, 6.45) is 1.24. The predicted molar refractivity (Wildman–Crippen MR) is 53.4 cm³/mol. The molecule has 0 saturated heterocycles. The highest BCUT2D eigenvalue weighted by Gasteiger charge is 2.14. The van der Waals surface area contributed by atoms with Crippen molar-refractivity contribution in [1.29, 1.82) is 0 Å². The Bertz CT molecular complexity index is 95.8. The summed E-state index contributed by atoms with van der Waals surface area (Å²) in [4.78, 5) is 0. The highest BCUT2D eigenvalue weighted by Crippen LogP contribution is 2.14. The Balaban J connectivity index is 3.68. The van der Waals surface area contributed by atoms with Crippen molar-refractivity contribution >= 4 is 0 Å². The summed E-state index contributed by atoms with van der Waals surface area (Å²) >= 11 is 0. The van der Waals surface area contributed by atoms with Crippen LogP contribution in [-0.2, 0) is 4.74 Å². The van der Waals surface area contributed by atoms with E-state index in [9.17, 15) is 0 Å². The molecule has 0 saturated carbocycles. The first-order valence-electron chi connectivity index (χ1n) is 4.95. The summed E-state index contributed by atoms with van der Waals surface area (Å²) in [6.45, 7) is 9.68. The standard InChI is InChI=1S/C10H23NO/c1-5-9(3)10(8-12-4)7-11-6-2/h9-11H,5-8H2,1-4H3. The van der Waals surface area contributed by atoms with Gasteiger partial charge in [-0.05, 0) is 18.4 Å². The molecule has 0 spiro atoms. The molecule has 0 fully saturated rings. The monoisotopic (exact) mass is 173 g/mol. The molecule has 0 aliphatic carbocycles. The fourth-order valence-electron chi connectivity index (χ4n) is 1.30. The van der Waals surface area contributed by atoms with E-state index < -0.39 is 0 Å². The fourth-order valence-corrected chi connectivity index (χ4v) is 1.30. The molecule has 0 aromatic rings.